The van der Waals surface area contributed by atoms with Crippen molar-refractivity contribution >= 4 is 16.3 Å². The van der Waals surface area contributed by atoms with Crippen LogP contribution >= 0.6 is 0 Å². The number of rotatable bonds is 6. The zero-order valence-electron chi connectivity index (χ0n) is 9.13. The molecule has 0 saturated heterocycles. The van der Waals surface area contributed by atoms with Crippen molar-refractivity contribution in [2.75, 3.05) is 19.5 Å². The first-order valence-electron chi connectivity index (χ1n) is 4.53. The second kappa shape index (κ2) is 7.09. The Hall–Kier alpha value is -1.26. The molecule has 7 heteroatoms. The highest BCUT2D eigenvalue weighted by Gasteiger charge is 2.13. The summed E-state index contributed by atoms with van der Waals surface area (Å²) in [6, 6.07) is 0. The lowest BCUT2D eigenvalue weighted by atomic mass is 10.3. The summed E-state index contributed by atoms with van der Waals surface area (Å²) < 4.78 is 35.1. The van der Waals surface area contributed by atoms with Gasteiger partial charge in [-0.25, -0.2) is 4.79 Å². The van der Waals surface area contributed by atoms with Crippen LogP contribution < -0.4 is 0 Å². The Morgan fingerprint density at radius 1 is 1.44 bits per heavy atom. The van der Waals surface area contributed by atoms with E-state index < -0.39 is 22.4 Å². The fraction of sp³-hybridized carbons (Fsp3) is 0.667. The molecule has 0 unspecified atom stereocenters. The first-order valence-corrected chi connectivity index (χ1v) is 6.34. The van der Waals surface area contributed by atoms with E-state index in [-0.39, 0.29) is 19.6 Å². The van der Waals surface area contributed by atoms with E-state index in [1.165, 1.54) is 0 Å². The van der Waals surface area contributed by atoms with Crippen molar-refractivity contribution in [3.63, 3.8) is 0 Å². The van der Waals surface area contributed by atoms with E-state index >= 15 is 0 Å². The van der Waals surface area contributed by atoms with E-state index in [0.717, 1.165) is 6.26 Å². The van der Waals surface area contributed by atoms with Crippen molar-refractivity contribution in [3.05, 3.63) is 0 Å². The van der Waals surface area contributed by atoms with E-state index in [9.17, 15) is 13.2 Å². The maximum Gasteiger partial charge on any atom is 0.508 e. The molecular weight excluding hydrogens is 236 g/mol. The Balaban J connectivity index is 3.90. The normalized spacial score (nSPS) is 12.6. The van der Waals surface area contributed by atoms with Crippen LogP contribution in [0.5, 0.6) is 0 Å². The molecule has 0 N–H and O–H groups in total. The fourth-order valence-electron chi connectivity index (χ4n) is 0.779. The molecule has 0 rings (SSSR count). The molecule has 0 amide bonds. The van der Waals surface area contributed by atoms with Crippen LogP contribution in [0.4, 0.5) is 4.79 Å². The van der Waals surface area contributed by atoms with Gasteiger partial charge in [0.15, 0.2) is 0 Å². The lowest BCUT2D eigenvalue weighted by Gasteiger charge is -2.10. The standard InChI is InChI=1S/C9H14O6S/c1-4-8(15-16(3,11)12)6-7-14-9(10)13-5-2/h1,8H,5-7H2,2-3H3/t8-/m0/s1. The van der Waals surface area contributed by atoms with Gasteiger partial charge in [-0.2, -0.15) is 8.42 Å². The summed E-state index contributed by atoms with van der Waals surface area (Å²) >= 11 is 0. The van der Waals surface area contributed by atoms with Gasteiger partial charge in [0.1, 0.15) is 6.10 Å². The average Bonchev–Trinajstić information content (AvgIpc) is 2.14. The molecule has 16 heavy (non-hydrogen) atoms. The van der Waals surface area contributed by atoms with Gasteiger partial charge in [-0.1, -0.05) is 5.92 Å². The highest BCUT2D eigenvalue weighted by molar-refractivity contribution is 7.86. The number of carbonyl (C=O) groups excluding carboxylic acids is 1. The first kappa shape index (κ1) is 14.7. The second-order valence-electron chi connectivity index (χ2n) is 2.78. The predicted molar refractivity (Wildman–Crippen MR) is 56.1 cm³/mol. The molecule has 0 aromatic carbocycles. The van der Waals surface area contributed by atoms with Crippen molar-refractivity contribution in [1.29, 1.82) is 0 Å². The van der Waals surface area contributed by atoms with Crippen LogP contribution in [0, 0.1) is 12.3 Å². The number of terminal acetylenes is 1. The molecule has 0 aliphatic carbocycles. The summed E-state index contributed by atoms with van der Waals surface area (Å²) in [5.41, 5.74) is 0. The highest BCUT2D eigenvalue weighted by atomic mass is 32.2. The van der Waals surface area contributed by atoms with Gasteiger partial charge in [0.2, 0.25) is 0 Å². The van der Waals surface area contributed by atoms with Gasteiger partial charge in [-0.15, -0.1) is 6.42 Å². The quantitative estimate of drug-likeness (QED) is 0.388. The Morgan fingerprint density at radius 3 is 2.50 bits per heavy atom. The van der Waals surface area contributed by atoms with Gasteiger partial charge < -0.3 is 9.47 Å². The van der Waals surface area contributed by atoms with Crippen molar-refractivity contribution in [3.8, 4) is 12.3 Å². The minimum atomic E-state index is -3.61. The summed E-state index contributed by atoms with van der Waals surface area (Å²) in [5.74, 6) is 2.13. The molecule has 0 aliphatic rings. The molecule has 6 nitrogen and oxygen atoms in total. The van der Waals surface area contributed by atoms with Crippen molar-refractivity contribution in [2.24, 2.45) is 0 Å². The highest BCUT2D eigenvalue weighted by Crippen LogP contribution is 2.02. The molecule has 0 fully saturated rings. The van der Waals surface area contributed by atoms with Gasteiger partial charge in [-0.05, 0) is 6.92 Å². The monoisotopic (exact) mass is 250 g/mol. The zero-order chi connectivity index (χ0) is 12.6. The third-order valence-electron chi connectivity index (χ3n) is 1.34. The lowest BCUT2D eigenvalue weighted by molar-refractivity contribution is 0.0533. The first-order chi connectivity index (χ1) is 7.39. The van der Waals surface area contributed by atoms with Crippen LogP contribution in [-0.2, 0) is 23.8 Å². The molecule has 0 saturated carbocycles. The van der Waals surface area contributed by atoms with E-state index in [1.54, 1.807) is 6.92 Å². The Morgan fingerprint density at radius 2 is 2.06 bits per heavy atom. The van der Waals surface area contributed by atoms with E-state index in [1.807, 2.05) is 0 Å². The summed E-state index contributed by atoms with van der Waals surface area (Å²) in [4.78, 5) is 10.7. The topological polar surface area (TPSA) is 78.9 Å². The molecule has 1 atom stereocenters. The minimum Gasteiger partial charge on any atom is -0.435 e. The molecule has 0 radical (unpaired) electrons. The Bertz CT molecular complexity index is 353. The summed E-state index contributed by atoms with van der Waals surface area (Å²) in [5, 5.41) is 0. The summed E-state index contributed by atoms with van der Waals surface area (Å²) in [6.45, 7) is 1.78. The molecule has 0 heterocycles. The van der Waals surface area contributed by atoms with E-state index in [4.69, 9.17) is 6.42 Å². The van der Waals surface area contributed by atoms with Crippen molar-refractivity contribution in [2.45, 2.75) is 19.4 Å². The number of carbonyl (C=O) groups is 1. The van der Waals surface area contributed by atoms with Gasteiger partial charge in [-0.3, -0.25) is 4.18 Å². The molecular formula is C9H14O6S. The molecule has 0 aliphatic heterocycles. The number of ether oxygens (including phenoxy) is 2. The smallest absolute Gasteiger partial charge is 0.435 e. The Kier molecular flexibility index (Phi) is 6.53. The average molecular weight is 250 g/mol. The fourth-order valence-corrected chi connectivity index (χ4v) is 1.35. The third kappa shape index (κ3) is 8.08. The van der Waals surface area contributed by atoms with Crippen molar-refractivity contribution in [1.82, 2.24) is 0 Å². The van der Waals surface area contributed by atoms with Crippen LogP contribution in [0.1, 0.15) is 13.3 Å². The largest absolute Gasteiger partial charge is 0.508 e. The summed E-state index contributed by atoms with van der Waals surface area (Å²) in [7, 11) is -3.61. The lowest BCUT2D eigenvalue weighted by Crippen LogP contribution is -2.19. The molecule has 92 valence electrons. The molecule has 0 aromatic heterocycles. The minimum absolute atomic E-state index is 0.0662. The van der Waals surface area contributed by atoms with Crippen LogP contribution in [0.15, 0.2) is 0 Å². The maximum atomic E-state index is 10.7. The number of hydrogen-bond donors (Lipinski definition) is 0. The number of hydrogen-bond acceptors (Lipinski definition) is 6. The Labute approximate surface area is 95.0 Å². The van der Waals surface area contributed by atoms with Crippen LogP contribution in [0.2, 0.25) is 0 Å². The van der Waals surface area contributed by atoms with Gasteiger partial charge in [0.05, 0.1) is 19.5 Å². The molecule has 0 spiro atoms. The van der Waals surface area contributed by atoms with E-state index in [2.05, 4.69) is 19.6 Å². The van der Waals surface area contributed by atoms with Crippen LogP contribution in [0.25, 0.3) is 0 Å². The second-order valence-corrected chi connectivity index (χ2v) is 4.38. The predicted octanol–water partition coefficient (Wildman–Crippen LogP) is 0.528. The van der Waals surface area contributed by atoms with Crippen LogP contribution in [0.3, 0.4) is 0 Å². The SMILES string of the molecule is C#C[C@@H](CCOC(=O)OCC)OS(C)(=O)=O. The summed E-state index contributed by atoms with van der Waals surface area (Å²) in [6.07, 6.45) is 4.26. The molecule has 0 aromatic rings. The van der Waals surface area contributed by atoms with Crippen molar-refractivity contribution < 1.29 is 26.9 Å². The zero-order valence-corrected chi connectivity index (χ0v) is 9.95. The van der Waals surface area contributed by atoms with Gasteiger partial charge in [0.25, 0.3) is 10.1 Å². The van der Waals surface area contributed by atoms with Gasteiger partial charge >= 0.3 is 6.16 Å². The maximum absolute atomic E-state index is 10.7. The molecule has 0 bridgehead atoms. The van der Waals surface area contributed by atoms with Crippen LogP contribution in [-0.4, -0.2) is 40.1 Å². The third-order valence-corrected chi connectivity index (χ3v) is 1.92. The van der Waals surface area contributed by atoms with E-state index in [0.29, 0.717) is 0 Å². The van der Waals surface area contributed by atoms with Gasteiger partial charge in [0, 0.05) is 6.42 Å².